The first-order valence-corrected chi connectivity index (χ1v) is 11.5. The molecule has 7 heteroatoms. The van der Waals surface area contributed by atoms with E-state index in [1.165, 1.54) is 0 Å². The third-order valence-corrected chi connectivity index (χ3v) is 6.40. The van der Waals surface area contributed by atoms with Gasteiger partial charge in [0.2, 0.25) is 5.91 Å². The zero-order chi connectivity index (χ0) is 22.0. The lowest BCUT2D eigenvalue weighted by Crippen LogP contribution is -2.37. The molecule has 0 spiro atoms. The standard InChI is InChI=1S/C24H34N4O3/c1-15-12-20(31-28-15)18-14-26-23(24(2,3)4)27-21(18)17-9-7-16(8-10-17)13-25-22(29)19-6-5-11-30-19/h12,14,16-17,19H,5-11,13H2,1-4H3,(H,25,29)/t16?,17?,19-/m0/s1. The predicted molar refractivity (Wildman–Crippen MR) is 118 cm³/mol. The highest BCUT2D eigenvalue weighted by atomic mass is 16.5. The van der Waals surface area contributed by atoms with E-state index in [0.717, 1.165) is 73.6 Å². The zero-order valence-electron chi connectivity index (χ0n) is 19.1. The van der Waals surface area contributed by atoms with Gasteiger partial charge in [-0.3, -0.25) is 4.79 Å². The average molecular weight is 427 g/mol. The maximum Gasteiger partial charge on any atom is 0.249 e. The van der Waals surface area contributed by atoms with Crippen LogP contribution in [0.3, 0.4) is 0 Å². The van der Waals surface area contributed by atoms with Gasteiger partial charge in [-0.05, 0) is 51.4 Å². The molecule has 2 aliphatic rings. The summed E-state index contributed by atoms with van der Waals surface area (Å²) in [5.41, 5.74) is 2.75. The fraction of sp³-hybridized carbons (Fsp3) is 0.667. The van der Waals surface area contributed by atoms with E-state index in [1.807, 2.05) is 19.2 Å². The smallest absolute Gasteiger partial charge is 0.249 e. The van der Waals surface area contributed by atoms with E-state index in [0.29, 0.717) is 18.4 Å². The van der Waals surface area contributed by atoms with Crippen molar-refractivity contribution < 1.29 is 14.1 Å². The summed E-state index contributed by atoms with van der Waals surface area (Å²) < 4.78 is 11.0. The molecule has 168 valence electrons. The molecule has 1 amide bonds. The highest BCUT2D eigenvalue weighted by Gasteiger charge is 2.30. The third-order valence-electron chi connectivity index (χ3n) is 6.40. The number of rotatable bonds is 5. The number of amides is 1. The van der Waals surface area contributed by atoms with E-state index in [-0.39, 0.29) is 17.4 Å². The van der Waals surface area contributed by atoms with Crippen LogP contribution in [0.5, 0.6) is 0 Å². The Kier molecular flexibility index (Phi) is 6.42. The summed E-state index contributed by atoms with van der Waals surface area (Å²) in [7, 11) is 0. The number of nitrogens with one attached hydrogen (secondary N) is 1. The van der Waals surface area contributed by atoms with E-state index < -0.39 is 0 Å². The van der Waals surface area contributed by atoms with Crippen molar-refractivity contribution in [3.63, 3.8) is 0 Å². The summed E-state index contributed by atoms with van der Waals surface area (Å²) in [6, 6.07) is 1.95. The van der Waals surface area contributed by atoms with E-state index in [9.17, 15) is 4.79 Å². The maximum atomic E-state index is 12.2. The minimum Gasteiger partial charge on any atom is -0.368 e. The molecule has 0 radical (unpaired) electrons. The van der Waals surface area contributed by atoms with Crippen LogP contribution in [-0.2, 0) is 14.9 Å². The topological polar surface area (TPSA) is 90.1 Å². The van der Waals surface area contributed by atoms with Gasteiger partial charge >= 0.3 is 0 Å². The fourth-order valence-electron chi connectivity index (χ4n) is 4.53. The van der Waals surface area contributed by atoms with Crippen molar-refractivity contribution >= 4 is 5.91 Å². The molecule has 4 rings (SSSR count). The number of hydrogen-bond acceptors (Lipinski definition) is 6. The van der Waals surface area contributed by atoms with Crippen molar-refractivity contribution in [2.75, 3.05) is 13.2 Å². The highest BCUT2D eigenvalue weighted by molar-refractivity contribution is 5.80. The molecule has 1 saturated carbocycles. The second-order valence-electron chi connectivity index (χ2n) is 10.0. The number of aromatic nitrogens is 3. The van der Waals surface area contributed by atoms with Gasteiger partial charge in [0, 0.05) is 36.7 Å². The first kappa shape index (κ1) is 21.9. The summed E-state index contributed by atoms with van der Waals surface area (Å²) >= 11 is 0. The van der Waals surface area contributed by atoms with Gasteiger partial charge in [0.1, 0.15) is 11.9 Å². The van der Waals surface area contributed by atoms with Crippen LogP contribution in [0.1, 0.15) is 82.4 Å². The van der Waals surface area contributed by atoms with Gasteiger partial charge in [-0.25, -0.2) is 9.97 Å². The summed E-state index contributed by atoms with van der Waals surface area (Å²) in [4.78, 5) is 21.9. The van der Waals surface area contributed by atoms with Gasteiger partial charge in [0.15, 0.2) is 5.76 Å². The largest absolute Gasteiger partial charge is 0.368 e. The molecule has 1 aliphatic heterocycles. The number of carbonyl (C=O) groups is 1. The minimum absolute atomic E-state index is 0.0493. The number of ether oxygens (including phenoxy) is 1. The Morgan fingerprint density at radius 3 is 2.58 bits per heavy atom. The van der Waals surface area contributed by atoms with Gasteiger partial charge in [-0.2, -0.15) is 0 Å². The van der Waals surface area contributed by atoms with Crippen molar-refractivity contribution in [1.29, 1.82) is 0 Å². The van der Waals surface area contributed by atoms with Gasteiger partial charge in [0.05, 0.1) is 17.0 Å². The highest BCUT2D eigenvalue weighted by Crippen LogP contribution is 2.39. The molecule has 1 aliphatic carbocycles. The predicted octanol–water partition coefficient (Wildman–Crippen LogP) is 4.31. The lowest BCUT2D eigenvalue weighted by atomic mass is 9.79. The second kappa shape index (κ2) is 9.07. The number of hydrogen-bond donors (Lipinski definition) is 1. The SMILES string of the molecule is Cc1cc(-c2cnc(C(C)(C)C)nc2C2CCC(CNC(=O)[C@@H]3CCCO3)CC2)on1. The molecule has 0 unspecified atom stereocenters. The van der Waals surface area contributed by atoms with Crippen LogP contribution in [0.2, 0.25) is 0 Å². The van der Waals surface area contributed by atoms with E-state index >= 15 is 0 Å². The Morgan fingerprint density at radius 1 is 1.19 bits per heavy atom. The van der Waals surface area contributed by atoms with Crippen molar-refractivity contribution in [3.05, 3.63) is 29.5 Å². The molecule has 0 aromatic carbocycles. The van der Waals surface area contributed by atoms with Crippen molar-refractivity contribution in [2.45, 2.75) is 83.7 Å². The lowest BCUT2D eigenvalue weighted by molar-refractivity contribution is -0.130. The number of nitrogens with zero attached hydrogens (tertiary/aromatic N) is 3. The number of carbonyl (C=O) groups excluding carboxylic acids is 1. The first-order chi connectivity index (χ1) is 14.8. The van der Waals surface area contributed by atoms with Crippen LogP contribution in [0, 0.1) is 12.8 Å². The normalized spacial score (nSPS) is 24.3. The Balaban J connectivity index is 1.44. The van der Waals surface area contributed by atoms with Crippen LogP contribution in [0.25, 0.3) is 11.3 Å². The minimum atomic E-state index is -0.249. The Hall–Kier alpha value is -2.28. The lowest BCUT2D eigenvalue weighted by Gasteiger charge is -2.30. The molecular weight excluding hydrogens is 392 g/mol. The summed E-state index contributed by atoms with van der Waals surface area (Å²) in [5, 5.41) is 7.16. The quantitative estimate of drug-likeness (QED) is 0.766. The summed E-state index contributed by atoms with van der Waals surface area (Å²) in [5.74, 6) is 2.50. The van der Waals surface area contributed by atoms with E-state index in [1.54, 1.807) is 0 Å². The van der Waals surface area contributed by atoms with Crippen LogP contribution < -0.4 is 5.32 Å². The van der Waals surface area contributed by atoms with E-state index in [2.05, 4.69) is 36.2 Å². The van der Waals surface area contributed by atoms with Gasteiger partial charge in [0.25, 0.3) is 0 Å². The average Bonchev–Trinajstić information content (AvgIpc) is 3.43. The van der Waals surface area contributed by atoms with Crippen molar-refractivity contribution in [1.82, 2.24) is 20.4 Å². The Bertz CT molecular complexity index is 904. The molecule has 31 heavy (non-hydrogen) atoms. The summed E-state index contributed by atoms with van der Waals surface area (Å²) in [6.07, 6.45) is 7.69. The molecule has 7 nitrogen and oxygen atoms in total. The first-order valence-electron chi connectivity index (χ1n) is 11.5. The second-order valence-corrected chi connectivity index (χ2v) is 10.0. The van der Waals surface area contributed by atoms with Crippen molar-refractivity contribution in [2.24, 2.45) is 5.92 Å². The molecule has 2 aromatic heterocycles. The molecular formula is C24H34N4O3. The van der Waals surface area contributed by atoms with Gasteiger partial charge in [-0.15, -0.1) is 0 Å². The third kappa shape index (κ3) is 5.14. The fourth-order valence-corrected chi connectivity index (χ4v) is 4.53. The van der Waals surface area contributed by atoms with Gasteiger partial charge in [-0.1, -0.05) is 25.9 Å². The van der Waals surface area contributed by atoms with Crippen molar-refractivity contribution in [3.8, 4) is 11.3 Å². The van der Waals surface area contributed by atoms with Crippen LogP contribution in [0.15, 0.2) is 16.8 Å². The molecule has 2 fully saturated rings. The Labute approximate surface area is 184 Å². The summed E-state index contributed by atoms with van der Waals surface area (Å²) in [6.45, 7) is 9.77. The van der Waals surface area contributed by atoms with Crippen LogP contribution in [0.4, 0.5) is 0 Å². The molecule has 3 heterocycles. The molecule has 1 saturated heterocycles. The zero-order valence-corrected chi connectivity index (χ0v) is 19.1. The molecule has 0 bridgehead atoms. The molecule has 2 aromatic rings. The molecule has 1 N–H and O–H groups in total. The molecule has 1 atom stereocenters. The Morgan fingerprint density at radius 2 is 1.97 bits per heavy atom. The monoisotopic (exact) mass is 426 g/mol. The van der Waals surface area contributed by atoms with Crippen LogP contribution in [-0.4, -0.2) is 40.3 Å². The van der Waals surface area contributed by atoms with Gasteiger partial charge < -0.3 is 14.6 Å². The van der Waals surface area contributed by atoms with Crippen LogP contribution >= 0.6 is 0 Å². The maximum absolute atomic E-state index is 12.2. The number of aryl methyl sites for hydroxylation is 1. The van der Waals surface area contributed by atoms with E-state index in [4.69, 9.17) is 14.2 Å².